The Morgan fingerprint density at radius 3 is 2.86 bits per heavy atom. The van der Waals surface area contributed by atoms with Crippen molar-refractivity contribution in [1.29, 1.82) is 0 Å². The molecule has 0 aliphatic carbocycles. The van der Waals surface area contributed by atoms with E-state index in [4.69, 9.17) is 0 Å². The van der Waals surface area contributed by atoms with Crippen molar-refractivity contribution in [2.45, 2.75) is 23.9 Å². The van der Waals surface area contributed by atoms with Crippen LogP contribution in [0.1, 0.15) is 23.6 Å². The molecule has 1 aliphatic heterocycles. The van der Waals surface area contributed by atoms with Gasteiger partial charge in [-0.1, -0.05) is 22.0 Å². The Balaban J connectivity index is 1.76. The van der Waals surface area contributed by atoms with Crippen LogP contribution in [-0.4, -0.2) is 5.75 Å². The lowest BCUT2D eigenvalue weighted by Gasteiger charge is -2.26. The van der Waals surface area contributed by atoms with Crippen molar-refractivity contribution in [3.8, 4) is 0 Å². The van der Waals surface area contributed by atoms with Crippen molar-refractivity contribution in [1.82, 2.24) is 5.32 Å². The number of halogens is 3. The summed E-state index contributed by atoms with van der Waals surface area (Å²) in [7, 11) is 0. The molecule has 1 heterocycles. The first-order valence-electron chi connectivity index (χ1n) is 6.73. The molecule has 0 saturated heterocycles. The van der Waals surface area contributed by atoms with Crippen molar-refractivity contribution < 1.29 is 8.78 Å². The fourth-order valence-electron chi connectivity index (χ4n) is 2.48. The van der Waals surface area contributed by atoms with Gasteiger partial charge < -0.3 is 5.32 Å². The van der Waals surface area contributed by atoms with Crippen molar-refractivity contribution in [2.75, 3.05) is 5.75 Å². The van der Waals surface area contributed by atoms with Crippen LogP contribution in [0.3, 0.4) is 0 Å². The van der Waals surface area contributed by atoms with Gasteiger partial charge in [0.05, 0.1) is 0 Å². The summed E-state index contributed by atoms with van der Waals surface area (Å²) in [6, 6.07) is 10.0. The molecular formula is C16H14BrF2NS. The standard InChI is InChI=1S/C16H14BrF2NS/c17-11-2-1-10(14(19)7-11)9-20-15-5-6-21-16-4-3-12(18)8-13(15)16/h1-4,7-8,15,20H,5-6,9H2. The highest BCUT2D eigenvalue weighted by atomic mass is 79.9. The summed E-state index contributed by atoms with van der Waals surface area (Å²) < 4.78 is 28.0. The number of fused-ring (bicyclic) bond motifs is 1. The first kappa shape index (κ1) is 15.0. The first-order valence-corrected chi connectivity index (χ1v) is 8.51. The molecule has 1 N–H and O–H groups in total. The van der Waals surface area contributed by atoms with Gasteiger partial charge in [0.1, 0.15) is 11.6 Å². The Hall–Kier alpha value is -0.910. The van der Waals surface area contributed by atoms with E-state index in [1.165, 1.54) is 12.1 Å². The van der Waals surface area contributed by atoms with E-state index >= 15 is 0 Å². The molecular weight excluding hydrogens is 356 g/mol. The lowest BCUT2D eigenvalue weighted by molar-refractivity contribution is 0.492. The highest BCUT2D eigenvalue weighted by Gasteiger charge is 2.21. The molecule has 110 valence electrons. The SMILES string of the molecule is Fc1ccc2c(c1)C(NCc1ccc(Br)cc1F)CCS2. The molecule has 1 unspecified atom stereocenters. The van der Waals surface area contributed by atoms with E-state index in [0.717, 1.165) is 27.1 Å². The third-order valence-corrected chi connectivity index (χ3v) is 5.18. The summed E-state index contributed by atoms with van der Waals surface area (Å²) in [6.45, 7) is 0.435. The Kier molecular flexibility index (Phi) is 4.62. The third-order valence-electron chi connectivity index (χ3n) is 3.57. The van der Waals surface area contributed by atoms with Gasteiger partial charge in [-0.3, -0.25) is 0 Å². The van der Waals surface area contributed by atoms with Crippen molar-refractivity contribution >= 4 is 27.7 Å². The van der Waals surface area contributed by atoms with Crippen LogP contribution in [0.4, 0.5) is 8.78 Å². The first-order chi connectivity index (χ1) is 10.1. The molecule has 0 bridgehead atoms. The molecule has 3 rings (SSSR count). The van der Waals surface area contributed by atoms with E-state index in [1.54, 1.807) is 23.9 Å². The van der Waals surface area contributed by atoms with E-state index < -0.39 is 0 Å². The maximum Gasteiger partial charge on any atom is 0.128 e. The van der Waals surface area contributed by atoms with E-state index in [9.17, 15) is 8.78 Å². The molecule has 21 heavy (non-hydrogen) atoms. The zero-order valence-corrected chi connectivity index (χ0v) is 13.6. The average Bonchev–Trinajstić information content (AvgIpc) is 2.46. The number of benzene rings is 2. The zero-order chi connectivity index (χ0) is 14.8. The lowest BCUT2D eigenvalue weighted by atomic mass is 10.0. The van der Waals surface area contributed by atoms with Gasteiger partial charge in [0, 0.05) is 27.5 Å². The molecule has 0 fully saturated rings. The Morgan fingerprint density at radius 2 is 2.05 bits per heavy atom. The van der Waals surface area contributed by atoms with Gasteiger partial charge in [0.25, 0.3) is 0 Å². The Bertz CT molecular complexity index is 663. The Morgan fingerprint density at radius 1 is 1.19 bits per heavy atom. The van der Waals surface area contributed by atoms with Gasteiger partial charge >= 0.3 is 0 Å². The molecule has 0 radical (unpaired) electrons. The number of hydrogen-bond acceptors (Lipinski definition) is 2. The molecule has 1 atom stereocenters. The summed E-state index contributed by atoms with van der Waals surface area (Å²) >= 11 is 4.99. The highest BCUT2D eigenvalue weighted by Crippen LogP contribution is 2.36. The van der Waals surface area contributed by atoms with Crippen LogP contribution in [0.15, 0.2) is 45.8 Å². The van der Waals surface area contributed by atoms with Crippen LogP contribution in [-0.2, 0) is 6.54 Å². The average molecular weight is 370 g/mol. The van der Waals surface area contributed by atoms with Gasteiger partial charge in [-0.2, -0.15) is 0 Å². The second kappa shape index (κ2) is 6.46. The van der Waals surface area contributed by atoms with Gasteiger partial charge in [0.2, 0.25) is 0 Å². The van der Waals surface area contributed by atoms with Crippen LogP contribution < -0.4 is 5.32 Å². The maximum atomic E-state index is 13.8. The van der Waals surface area contributed by atoms with Crippen molar-refractivity contribution in [2.24, 2.45) is 0 Å². The zero-order valence-electron chi connectivity index (χ0n) is 11.2. The minimum Gasteiger partial charge on any atom is -0.306 e. The highest BCUT2D eigenvalue weighted by molar-refractivity contribution is 9.10. The summed E-state index contributed by atoms with van der Waals surface area (Å²) in [4.78, 5) is 1.11. The minimum atomic E-state index is -0.235. The second-order valence-corrected chi connectivity index (χ2v) is 7.04. The van der Waals surface area contributed by atoms with Gasteiger partial charge in [-0.25, -0.2) is 8.78 Å². The summed E-state index contributed by atoms with van der Waals surface area (Å²) in [5, 5.41) is 3.35. The third kappa shape index (κ3) is 3.47. The smallest absolute Gasteiger partial charge is 0.128 e. The molecule has 0 saturated carbocycles. The number of nitrogens with one attached hydrogen (secondary N) is 1. The van der Waals surface area contributed by atoms with Crippen LogP contribution in [0.2, 0.25) is 0 Å². The topological polar surface area (TPSA) is 12.0 Å². The molecule has 0 amide bonds. The van der Waals surface area contributed by atoms with Crippen LogP contribution in [0, 0.1) is 11.6 Å². The van der Waals surface area contributed by atoms with E-state index in [1.807, 2.05) is 12.1 Å². The van der Waals surface area contributed by atoms with E-state index in [0.29, 0.717) is 12.1 Å². The van der Waals surface area contributed by atoms with E-state index in [-0.39, 0.29) is 17.7 Å². The maximum absolute atomic E-state index is 13.8. The van der Waals surface area contributed by atoms with Gasteiger partial charge in [-0.15, -0.1) is 11.8 Å². The predicted molar refractivity (Wildman–Crippen MR) is 85.4 cm³/mol. The quantitative estimate of drug-likeness (QED) is 0.811. The number of hydrogen-bond donors (Lipinski definition) is 1. The fourth-order valence-corrected chi connectivity index (χ4v) is 3.91. The van der Waals surface area contributed by atoms with Gasteiger partial charge in [-0.05, 0) is 48.1 Å². The lowest BCUT2D eigenvalue weighted by Crippen LogP contribution is -2.24. The van der Waals surface area contributed by atoms with Gasteiger partial charge in [0.15, 0.2) is 0 Å². The molecule has 2 aromatic carbocycles. The van der Waals surface area contributed by atoms with Crippen molar-refractivity contribution in [3.63, 3.8) is 0 Å². The fraction of sp³-hybridized carbons (Fsp3) is 0.250. The Labute approximate surface area is 135 Å². The van der Waals surface area contributed by atoms with Crippen molar-refractivity contribution in [3.05, 3.63) is 63.6 Å². The molecule has 1 aliphatic rings. The molecule has 5 heteroatoms. The number of thioether (sulfide) groups is 1. The summed E-state index contributed by atoms with van der Waals surface area (Å²) in [6.07, 6.45) is 0.916. The molecule has 0 aromatic heterocycles. The predicted octanol–water partition coefficient (Wildman–Crippen LogP) is 5.05. The number of rotatable bonds is 3. The van der Waals surface area contributed by atoms with Crippen LogP contribution in [0.25, 0.3) is 0 Å². The van der Waals surface area contributed by atoms with E-state index in [2.05, 4.69) is 21.2 Å². The summed E-state index contributed by atoms with van der Waals surface area (Å²) in [5.74, 6) is 0.526. The molecule has 2 aromatic rings. The monoisotopic (exact) mass is 369 g/mol. The van der Waals surface area contributed by atoms with Crippen LogP contribution in [0.5, 0.6) is 0 Å². The minimum absolute atomic E-state index is 0.0694. The molecule has 1 nitrogen and oxygen atoms in total. The normalized spacial score (nSPS) is 17.6. The summed E-state index contributed by atoms with van der Waals surface area (Å²) in [5.41, 5.74) is 1.60. The van der Waals surface area contributed by atoms with Crippen LogP contribution >= 0.6 is 27.7 Å². The largest absolute Gasteiger partial charge is 0.306 e. The molecule has 0 spiro atoms. The second-order valence-electron chi connectivity index (χ2n) is 4.99.